The number of rotatable bonds is 0. The van der Waals surface area contributed by atoms with E-state index in [0.717, 1.165) is 0 Å². The first-order valence-electron chi connectivity index (χ1n) is 3.82. The lowest BCUT2D eigenvalue weighted by atomic mass is 10.5. The van der Waals surface area contributed by atoms with Gasteiger partial charge in [-0.2, -0.15) is 4.73 Å². The van der Waals surface area contributed by atoms with E-state index in [9.17, 15) is 5.21 Å². The van der Waals surface area contributed by atoms with Crippen molar-refractivity contribution in [3.63, 3.8) is 0 Å². The molecule has 8 heavy (non-hydrogen) atoms. The zero-order valence-corrected chi connectivity index (χ0v) is 5.32. The Hall–Kier alpha value is -0.570. The fraction of sp³-hybridized carbons (Fsp3) is 0. The van der Waals surface area contributed by atoms with Gasteiger partial charge >= 0.3 is 0 Å². The highest BCUT2D eigenvalue weighted by Gasteiger charge is 1.85. The summed E-state index contributed by atoms with van der Waals surface area (Å²) in [5.74, 6) is 0. The van der Waals surface area contributed by atoms with Crippen LogP contribution in [-0.4, -0.2) is 0 Å². The van der Waals surface area contributed by atoms with Crippen LogP contribution < -0.4 is 4.73 Å². The van der Waals surface area contributed by atoms with Gasteiger partial charge in [0, 0.05) is 16.6 Å². The Bertz CT molecular complexity index is 238. The summed E-state index contributed by atoms with van der Waals surface area (Å²) in [6.07, 6.45) is -1.24. The fourth-order valence-electron chi connectivity index (χ4n) is 0.259. The van der Waals surface area contributed by atoms with E-state index in [4.69, 9.17) is 5.48 Å². The smallest absolute Gasteiger partial charge is 0.181 e. The molecule has 0 saturated heterocycles. The molecule has 1 aromatic rings. The van der Waals surface area contributed by atoms with Gasteiger partial charge in [-0.3, -0.25) is 0 Å². The normalized spacial score (nSPS) is 16.1. The lowest BCUT2D eigenvalue weighted by molar-refractivity contribution is -0.605. The molecular formula is C5H4BrNO. The van der Waals surface area contributed by atoms with Gasteiger partial charge in [-0.25, -0.2) is 0 Å². The molecule has 0 saturated carbocycles. The van der Waals surface area contributed by atoms with Crippen molar-refractivity contribution in [2.45, 2.75) is 0 Å². The SMILES string of the molecule is [2H]c1c(Br)c([2H])c([2H])[n+]([O-])c1[2H]. The van der Waals surface area contributed by atoms with Crippen molar-refractivity contribution in [1.82, 2.24) is 0 Å². The van der Waals surface area contributed by atoms with E-state index < -0.39 is 12.3 Å². The van der Waals surface area contributed by atoms with E-state index in [2.05, 4.69) is 15.9 Å². The minimum Gasteiger partial charge on any atom is -0.619 e. The Labute approximate surface area is 61.1 Å². The Balaban J connectivity index is 3.60. The van der Waals surface area contributed by atoms with Crippen LogP contribution in [-0.2, 0) is 0 Å². The molecule has 0 unspecified atom stereocenters. The molecule has 0 aromatic carbocycles. The van der Waals surface area contributed by atoms with Crippen LogP contribution in [0.25, 0.3) is 0 Å². The second-order valence-corrected chi connectivity index (χ2v) is 1.87. The second kappa shape index (κ2) is 2.13. The minimum atomic E-state index is -0.622. The molecule has 2 nitrogen and oxygen atoms in total. The predicted octanol–water partition coefficient (Wildman–Crippen LogP) is 1.08. The van der Waals surface area contributed by atoms with Gasteiger partial charge in [0.2, 0.25) is 0 Å². The third-order valence-corrected chi connectivity index (χ3v) is 0.931. The van der Waals surface area contributed by atoms with Gasteiger partial charge in [-0.05, 0) is 0 Å². The standard InChI is InChI=1S/C5H4BrNO/c6-5-1-3-7(8)4-2-5/h1-4H/i1D,2D,3D,4D. The Morgan fingerprint density at radius 1 is 1.62 bits per heavy atom. The van der Waals surface area contributed by atoms with Crippen LogP contribution in [0.2, 0.25) is 0 Å². The number of hydrogen-bond donors (Lipinski definition) is 0. The summed E-state index contributed by atoms with van der Waals surface area (Å²) in [5, 5.41) is 10.8. The van der Waals surface area contributed by atoms with Crippen LogP contribution in [0, 0.1) is 5.21 Å². The predicted molar refractivity (Wildman–Crippen MR) is 33.1 cm³/mol. The molecule has 0 aliphatic carbocycles. The van der Waals surface area contributed by atoms with Crippen molar-refractivity contribution in [1.29, 1.82) is 0 Å². The molecular weight excluding hydrogens is 170 g/mol. The van der Waals surface area contributed by atoms with Gasteiger partial charge < -0.3 is 5.21 Å². The first kappa shape index (κ1) is 2.35. The summed E-state index contributed by atoms with van der Waals surface area (Å²) < 4.78 is 28.4. The van der Waals surface area contributed by atoms with Gasteiger partial charge in [-0.15, -0.1) is 0 Å². The molecule has 42 valence electrons. The molecule has 0 fully saturated rings. The Kier molecular flexibility index (Phi) is 0.627. The van der Waals surface area contributed by atoms with Crippen molar-refractivity contribution in [2.75, 3.05) is 0 Å². The van der Waals surface area contributed by atoms with Gasteiger partial charge in [0.15, 0.2) is 12.3 Å². The zero-order valence-electron chi connectivity index (χ0n) is 7.73. The molecule has 1 heterocycles. The average Bonchev–Trinajstić information content (AvgIpc) is 2.08. The number of pyridine rings is 1. The van der Waals surface area contributed by atoms with Gasteiger partial charge in [-0.1, -0.05) is 15.9 Å². The number of hydrogen-bond acceptors (Lipinski definition) is 1. The van der Waals surface area contributed by atoms with Crippen LogP contribution in [0.1, 0.15) is 5.48 Å². The molecule has 0 aliphatic rings. The highest BCUT2D eigenvalue weighted by Crippen LogP contribution is 2.02. The van der Waals surface area contributed by atoms with Crippen molar-refractivity contribution < 1.29 is 10.2 Å². The molecule has 1 aromatic heterocycles. The third kappa shape index (κ3) is 1.20. The molecule has 0 bridgehead atoms. The minimum absolute atomic E-state index is 0.00426. The van der Waals surface area contributed by atoms with Crippen LogP contribution in [0.3, 0.4) is 0 Å². The molecule has 3 heteroatoms. The maximum atomic E-state index is 10.8. The van der Waals surface area contributed by atoms with E-state index in [1.165, 1.54) is 0 Å². The van der Waals surface area contributed by atoms with E-state index in [-0.39, 0.29) is 21.3 Å². The molecule has 0 N–H and O–H groups in total. The summed E-state index contributed by atoms with van der Waals surface area (Å²) in [5.41, 5.74) is 0. The highest BCUT2D eigenvalue weighted by molar-refractivity contribution is 9.10. The zero-order chi connectivity index (χ0) is 9.46. The maximum Gasteiger partial charge on any atom is 0.181 e. The Morgan fingerprint density at radius 2 is 2.12 bits per heavy atom. The van der Waals surface area contributed by atoms with Crippen LogP contribution in [0.5, 0.6) is 0 Å². The quantitative estimate of drug-likeness (QED) is 0.431. The van der Waals surface area contributed by atoms with E-state index in [0.29, 0.717) is 0 Å². The van der Waals surface area contributed by atoms with E-state index in [1.807, 2.05) is 0 Å². The van der Waals surface area contributed by atoms with Crippen LogP contribution in [0.15, 0.2) is 28.9 Å². The number of aromatic nitrogens is 1. The second-order valence-electron chi connectivity index (χ2n) is 1.08. The first-order valence-corrected chi connectivity index (χ1v) is 2.61. The van der Waals surface area contributed by atoms with Crippen molar-refractivity contribution in [3.8, 4) is 0 Å². The largest absolute Gasteiger partial charge is 0.619 e. The fourth-order valence-corrected chi connectivity index (χ4v) is 0.436. The number of halogens is 1. The molecule has 0 atom stereocenters. The van der Waals surface area contributed by atoms with Crippen molar-refractivity contribution in [3.05, 3.63) is 34.1 Å². The topological polar surface area (TPSA) is 26.9 Å². The van der Waals surface area contributed by atoms with Crippen LogP contribution in [0.4, 0.5) is 0 Å². The summed E-state index contributed by atoms with van der Waals surface area (Å²) in [7, 11) is 0. The molecule has 0 spiro atoms. The number of nitrogens with zero attached hydrogens (tertiary/aromatic N) is 1. The molecule has 0 aliphatic heterocycles. The average molecular weight is 178 g/mol. The molecule has 0 amide bonds. The highest BCUT2D eigenvalue weighted by atomic mass is 79.9. The summed E-state index contributed by atoms with van der Waals surface area (Å²) in [6, 6.07) is -0.739. The van der Waals surface area contributed by atoms with Crippen LogP contribution >= 0.6 is 15.9 Å². The summed E-state index contributed by atoms with van der Waals surface area (Å²) in [4.78, 5) is 0. The van der Waals surface area contributed by atoms with Crippen molar-refractivity contribution in [2.24, 2.45) is 0 Å². The van der Waals surface area contributed by atoms with Crippen molar-refractivity contribution >= 4 is 15.9 Å². The molecule has 1 rings (SSSR count). The maximum absolute atomic E-state index is 10.8. The van der Waals surface area contributed by atoms with Gasteiger partial charge in [0.1, 0.15) is 2.74 Å². The van der Waals surface area contributed by atoms with Gasteiger partial charge in [0.25, 0.3) is 0 Å². The van der Waals surface area contributed by atoms with E-state index >= 15 is 0 Å². The summed E-state index contributed by atoms with van der Waals surface area (Å²) >= 11 is 2.85. The first-order chi connectivity index (χ1) is 5.46. The Morgan fingerprint density at radius 3 is 2.62 bits per heavy atom. The monoisotopic (exact) mass is 177 g/mol. The van der Waals surface area contributed by atoms with E-state index in [1.54, 1.807) is 0 Å². The lowest BCUT2D eigenvalue weighted by Crippen LogP contribution is -2.23. The van der Waals surface area contributed by atoms with Gasteiger partial charge in [0.05, 0.1) is 2.74 Å². The lowest BCUT2D eigenvalue weighted by Gasteiger charge is -1.91. The molecule has 0 radical (unpaired) electrons. The summed E-state index contributed by atoms with van der Waals surface area (Å²) in [6.45, 7) is 0. The third-order valence-electron chi connectivity index (χ3n) is 0.534.